The number of nitrogens with zero attached hydrogens (tertiary/aromatic N) is 3. The number of aromatic nitrogens is 1. The lowest BCUT2D eigenvalue weighted by molar-refractivity contribution is 0.377. The largest absolute Gasteiger partial charge is 0.300 e. The van der Waals surface area contributed by atoms with E-state index in [4.69, 9.17) is 0 Å². The van der Waals surface area contributed by atoms with E-state index in [0.29, 0.717) is 0 Å². The molecule has 0 saturated carbocycles. The van der Waals surface area contributed by atoms with Gasteiger partial charge in [0.2, 0.25) is 0 Å². The lowest BCUT2D eigenvalue weighted by atomic mass is 10.2. The zero-order valence-corrected chi connectivity index (χ0v) is 8.36. The van der Waals surface area contributed by atoms with Crippen molar-refractivity contribution in [2.75, 3.05) is 13.6 Å². The quantitative estimate of drug-likeness (QED) is 0.519. The van der Waals surface area contributed by atoms with Gasteiger partial charge in [0, 0.05) is 31.5 Å². The van der Waals surface area contributed by atoms with E-state index in [1.54, 1.807) is 6.20 Å². The highest BCUT2D eigenvalue weighted by Crippen LogP contribution is 2.01. The second-order valence-corrected chi connectivity index (χ2v) is 2.95. The summed E-state index contributed by atoms with van der Waals surface area (Å²) >= 11 is 0. The van der Waals surface area contributed by atoms with E-state index in [2.05, 4.69) is 23.9 Å². The van der Waals surface area contributed by atoms with E-state index in [9.17, 15) is 0 Å². The molecule has 0 saturated heterocycles. The van der Waals surface area contributed by atoms with Crippen LogP contribution in [0, 0.1) is 6.92 Å². The predicted molar refractivity (Wildman–Crippen MR) is 54.9 cm³/mol. The first-order chi connectivity index (χ1) is 6.24. The van der Waals surface area contributed by atoms with Crippen LogP contribution in [0.4, 0.5) is 0 Å². The fraction of sp³-hybridized carbons (Fsp3) is 0.400. The van der Waals surface area contributed by atoms with Crippen LogP contribution in [0.15, 0.2) is 23.6 Å². The Hall–Kier alpha value is -1.38. The molecule has 0 spiro atoms. The van der Waals surface area contributed by atoms with E-state index in [1.165, 1.54) is 5.56 Å². The Morgan fingerprint density at radius 3 is 3.00 bits per heavy atom. The van der Waals surface area contributed by atoms with Gasteiger partial charge in [-0.2, -0.15) is 5.10 Å². The lowest BCUT2D eigenvalue weighted by Gasteiger charge is -2.08. The second-order valence-electron chi connectivity index (χ2n) is 2.95. The van der Waals surface area contributed by atoms with Gasteiger partial charge in [0.25, 0.3) is 0 Å². The number of rotatable bonds is 3. The van der Waals surface area contributed by atoms with E-state index in [1.807, 2.05) is 30.5 Å². The van der Waals surface area contributed by atoms with Crippen molar-refractivity contribution in [2.45, 2.75) is 13.8 Å². The average molecular weight is 177 g/mol. The minimum atomic E-state index is 0.913. The first-order valence-electron chi connectivity index (χ1n) is 4.39. The SMILES string of the molecule is CCN(C)/N=C/c1cnccc1C. The molecule has 0 fully saturated rings. The second kappa shape index (κ2) is 4.60. The van der Waals surface area contributed by atoms with E-state index < -0.39 is 0 Å². The molecule has 0 bridgehead atoms. The Balaban J connectivity index is 2.74. The van der Waals surface area contributed by atoms with Crippen molar-refractivity contribution < 1.29 is 0 Å². The molecule has 0 atom stereocenters. The molecular weight excluding hydrogens is 162 g/mol. The van der Waals surface area contributed by atoms with Crippen LogP contribution in [0.2, 0.25) is 0 Å². The Morgan fingerprint density at radius 2 is 2.38 bits per heavy atom. The summed E-state index contributed by atoms with van der Waals surface area (Å²) in [6, 6.07) is 1.98. The molecule has 70 valence electrons. The number of hydrogen-bond acceptors (Lipinski definition) is 3. The highest BCUT2D eigenvalue weighted by molar-refractivity contribution is 5.80. The van der Waals surface area contributed by atoms with Crippen LogP contribution >= 0.6 is 0 Å². The maximum atomic E-state index is 4.24. The van der Waals surface area contributed by atoms with Gasteiger partial charge < -0.3 is 5.01 Å². The number of hydrogen-bond donors (Lipinski definition) is 0. The molecule has 0 aromatic carbocycles. The molecule has 1 aromatic heterocycles. The van der Waals surface area contributed by atoms with Crippen LogP contribution in [-0.2, 0) is 0 Å². The van der Waals surface area contributed by atoms with Crippen molar-refractivity contribution in [3.05, 3.63) is 29.6 Å². The predicted octanol–water partition coefficient (Wildman–Crippen LogP) is 1.68. The molecule has 0 radical (unpaired) electrons. The molecule has 0 unspecified atom stereocenters. The van der Waals surface area contributed by atoms with Crippen LogP contribution in [0.25, 0.3) is 0 Å². The van der Waals surface area contributed by atoms with Crippen LogP contribution < -0.4 is 0 Å². The molecule has 0 aliphatic heterocycles. The minimum Gasteiger partial charge on any atom is -0.300 e. The van der Waals surface area contributed by atoms with Gasteiger partial charge in [-0.3, -0.25) is 4.98 Å². The van der Waals surface area contributed by atoms with Crippen molar-refractivity contribution in [1.82, 2.24) is 9.99 Å². The van der Waals surface area contributed by atoms with Crippen LogP contribution in [-0.4, -0.2) is 29.8 Å². The fourth-order valence-electron chi connectivity index (χ4n) is 0.854. The molecule has 3 nitrogen and oxygen atoms in total. The van der Waals surface area contributed by atoms with Gasteiger partial charge in [-0.25, -0.2) is 0 Å². The molecule has 0 N–H and O–H groups in total. The summed E-state index contributed by atoms with van der Waals surface area (Å²) in [5, 5.41) is 6.12. The van der Waals surface area contributed by atoms with Gasteiger partial charge in [-0.1, -0.05) is 0 Å². The summed E-state index contributed by atoms with van der Waals surface area (Å²) in [6.07, 6.45) is 5.45. The topological polar surface area (TPSA) is 28.5 Å². The van der Waals surface area contributed by atoms with Crippen molar-refractivity contribution in [2.24, 2.45) is 5.10 Å². The van der Waals surface area contributed by atoms with Crippen molar-refractivity contribution in [1.29, 1.82) is 0 Å². The molecule has 1 aromatic rings. The zero-order chi connectivity index (χ0) is 9.68. The summed E-state index contributed by atoms with van der Waals surface area (Å²) in [5.74, 6) is 0. The first kappa shape index (κ1) is 9.71. The van der Waals surface area contributed by atoms with Gasteiger partial charge in [-0.05, 0) is 25.5 Å². The van der Waals surface area contributed by atoms with Gasteiger partial charge >= 0.3 is 0 Å². The molecule has 1 rings (SSSR count). The Kier molecular flexibility index (Phi) is 3.43. The van der Waals surface area contributed by atoms with Gasteiger partial charge in [0.15, 0.2) is 0 Å². The third-order valence-corrected chi connectivity index (χ3v) is 1.93. The minimum absolute atomic E-state index is 0.913. The molecule has 3 heteroatoms. The third kappa shape index (κ3) is 2.86. The monoisotopic (exact) mass is 177 g/mol. The first-order valence-corrected chi connectivity index (χ1v) is 4.39. The Bertz CT molecular complexity index is 294. The zero-order valence-electron chi connectivity index (χ0n) is 8.36. The summed E-state index contributed by atoms with van der Waals surface area (Å²) in [6.45, 7) is 5.03. The molecule has 0 amide bonds. The molecular formula is C10H15N3. The highest BCUT2D eigenvalue weighted by Gasteiger charge is 1.92. The summed E-state index contributed by atoms with van der Waals surface area (Å²) in [5.41, 5.74) is 2.27. The van der Waals surface area contributed by atoms with Crippen molar-refractivity contribution in [3.8, 4) is 0 Å². The normalized spacial score (nSPS) is 10.7. The Morgan fingerprint density at radius 1 is 1.62 bits per heavy atom. The van der Waals surface area contributed by atoms with E-state index >= 15 is 0 Å². The number of hydrazone groups is 1. The fourth-order valence-corrected chi connectivity index (χ4v) is 0.854. The number of pyridine rings is 1. The summed E-state index contributed by atoms with van der Waals surface area (Å²) in [7, 11) is 1.95. The van der Waals surface area contributed by atoms with Crippen molar-refractivity contribution >= 4 is 6.21 Å². The standard InChI is InChI=1S/C10H15N3/c1-4-13(3)12-8-10-7-11-6-5-9(10)2/h5-8H,4H2,1-3H3/b12-8+. The maximum Gasteiger partial charge on any atom is 0.0560 e. The number of aryl methyl sites for hydroxylation is 1. The van der Waals surface area contributed by atoms with Crippen LogP contribution in [0.5, 0.6) is 0 Å². The molecule has 0 aliphatic rings. The average Bonchev–Trinajstić information content (AvgIpc) is 2.16. The van der Waals surface area contributed by atoms with Crippen LogP contribution in [0.1, 0.15) is 18.1 Å². The van der Waals surface area contributed by atoms with Gasteiger partial charge in [-0.15, -0.1) is 0 Å². The summed E-state index contributed by atoms with van der Waals surface area (Å²) < 4.78 is 0. The lowest BCUT2D eigenvalue weighted by Crippen LogP contribution is -2.09. The maximum absolute atomic E-state index is 4.24. The molecule has 0 aliphatic carbocycles. The smallest absolute Gasteiger partial charge is 0.0560 e. The van der Waals surface area contributed by atoms with Crippen LogP contribution in [0.3, 0.4) is 0 Å². The molecule has 1 heterocycles. The van der Waals surface area contributed by atoms with Gasteiger partial charge in [0.1, 0.15) is 0 Å². The van der Waals surface area contributed by atoms with E-state index in [0.717, 1.165) is 12.1 Å². The summed E-state index contributed by atoms with van der Waals surface area (Å²) in [4.78, 5) is 4.04. The highest BCUT2D eigenvalue weighted by atomic mass is 15.4. The van der Waals surface area contributed by atoms with Crippen molar-refractivity contribution in [3.63, 3.8) is 0 Å². The Labute approximate surface area is 79.1 Å². The van der Waals surface area contributed by atoms with E-state index in [-0.39, 0.29) is 0 Å². The third-order valence-electron chi connectivity index (χ3n) is 1.93. The molecule has 13 heavy (non-hydrogen) atoms. The van der Waals surface area contributed by atoms with Gasteiger partial charge in [0.05, 0.1) is 6.21 Å².